The zero-order valence-electron chi connectivity index (χ0n) is 8.86. The van der Waals surface area contributed by atoms with Gasteiger partial charge in [0.25, 0.3) is 0 Å². The molecule has 0 saturated heterocycles. The first-order valence-corrected chi connectivity index (χ1v) is 8.42. The molecule has 0 radical (unpaired) electrons. The molecule has 0 heterocycles. The van der Waals surface area contributed by atoms with Gasteiger partial charge in [-0.15, -0.1) is 0 Å². The number of hydrogen-bond donors (Lipinski definition) is 0. The molecule has 0 amide bonds. The molecule has 0 atom stereocenters. The number of nitrogens with zero attached hydrogens (tertiary/aromatic N) is 1. The van der Waals surface area contributed by atoms with E-state index >= 15 is 0 Å². The maximum absolute atomic E-state index is 12.1. The molecule has 15 heavy (non-hydrogen) atoms. The first-order chi connectivity index (χ1) is 7.13. The number of hydrogen-bond acceptors (Lipinski definition) is 2. The Morgan fingerprint density at radius 3 is 2.27 bits per heavy atom. The van der Waals surface area contributed by atoms with E-state index in [0.29, 0.717) is 24.3 Å². The summed E-state index contributed by atoms with van der Waals surface area (Å²) in [4.78, 5) is 0. The smallest absolute Gasteiger partial charge is 0.212 e. The van der Waals surface area contributed by atoms with Gasteiger partial charge < -0.3 is 0 Å². The minimum absolute atomic E-state index is 0.297. The van der Waals surface area contributed by atoms with E-state index in [4.69, 9.17) is 0 Å². The lowest BCUT2D eigenvalue weighted by Gasteiger charge is -2.36. The Bertz CT molecular complexity index is 309. The molecular weight excluding hydrogens is 278 g/mol. The minimum atomic E-state index is -2.98. The third kappa shape index (κ3) is 2.94. The van der Waals surface area contributed by atoms with Crippen molar-refractivity contribution in [2.75, 3.05) is 17.6 Å². The van der Waals surface area contributed by atoms with Crippen molar-refractivity contribution in [2.24, 2.45) is 5.92 Å². The molecule has 0 aliphatic heterocycles. The van der Waals surface area contributed by atoms with Crippen molar-refractivity contribution >= 4 is 26.0 Å². The number of rotatable bonds is 6. The van der Waals surface area contributed by atoms with Crippen LogP contribution in [0.4, 0.5) is 0 Å². The lowest BCUT2D eigenvalue weighted by molar-refractivity contribution is 0.228. The summed E-state index contributed by atoms with van der Waals surface area (Å²) in [6.45, 7) is 0.639. The fourth-order valence-corrected chi connectivity index (χ4v) is 4.76. The van der Waals surface area contributed by atoms with Gasteiger partial charge in [-0.25, -0.2) is 8.42 Å². The van der Waals surface area contributed by atoms with E-state index in [9.17, 15) is 8.42 Å². The van der Waals surface area contributed by atoms with Crippen molar-refractivity contribution in [1.29, 1.82) is 0 Å². The predicted molar refractivity (Wildman–Crippen MR) is 64.6 cm³/mol. The molecule has 0 spiro atoms. The van der Waals surface area contributed by atoms with Crippen LogP contribution in [0.5, 0.6) is 0 Å². The fraction of sp³-hybridized carbons (Fsp3) is 1.00. The van der Waals surface area contributed by atoms with Crippen molar-refractivity contribution < 1.29 is 8.42 Å². The summed E-state index contributed by atoms with van der Waals surface area (Å²) in [5.74, 6) is 0.837. The van der Waals surface area contributed by atoms with Crippen LogP contribution in [0, 0.1) is 5.92 Å². The lowest BCUT2D eigenvalue weighted by Crippen LogP contribution is -2.46. The average molecular weight is 296 g/mol. The van der Waals surface area contributed by atoms with E-state index in [1.165, 1.54) is 6.42 Å². The van der Waals surface area contributed by atoms with Crippen molar-refractivity contribution in [3.8, 4) is 0 Å². The highest BCUT2D eigenvalue weighted by Gasteiger charge is 2.37. The Morgan fingerprint density at radius 2 is 1.87 bits per heavy atom. The molecule has 2 aliphatic rings. The summed E-state index contributed by atoms with van der Waals surface area (Å²) >= 11 is 3.34. The molecular formula is C10H18BrNO2S. The largest absolute Gasteiger partial charge is 0.214 e. The fourth-order valence-electron chi connectivity index (χ4n) is 1.98. The van der Waals surface area contributed by atoms with Crippen LogP contribution in [0.15, 0.2) is 0 Å². The van der Waals surface area contributed by atoms with Gasteiger partial charge in [0.1, 0.15) is 0 Å². The molecule has 0 aromatic heterocycles. The summed E-state index contributed by atoms with van der Waals surface area (Å²) in [6, 6.07) is 0.297. The van der Waals surface area contributed by atoms with Crippen LogP contribution in [0.1, 0.15) is 32.1 Å². The second-order valence-corrected chi connectivity index (χ2v) is 7.37. The summed E-state index contributed by atoms with van der Waals surface area (Å²) in [7, 11) is -2.98. The standard InChI is InChI=1S/C10H18BrNO2S/c11-6-7-12(10-2-1-3-10)15(13,14)8-9-4-5-9/h9-10H,1-8H2. The van der Waals surface area contributed by atoms with Crippen LogP contribution >= 0.6 is 15.9 Å². The highest BCUT2D eigenvalue weighted by atomic mass is 79.9. The van der Waals surface area contributed by atoms with E-state index in [2.05, 4.69) is 15.9 Å². The third-order valence-corrected chi connectivity index (χ3v) is 5.73. The van der Waals surface area contributed by atoms with Crippen molar-refractivity contribution in [2.45, 2.75) is 38.1 Å². The Kier molecular flexibility index (Phi) is 3.73. The average Bonchev–Trinajstić information content (AvgIpc) is 2.83. The van der Waals surface area contributed by atoms with Gasteiger partial charge in [-0.3, -0.25) is 0 Å². The van der Waals surface area contributed by atoms with Crippen LogP contribution in [0.3, 0.4) is 0 Å². The van der Waals surface area contributed by atoms with E-state index in [0.717, 1.165) is 31.0 Å². The van der Waals surface area contributed by atoms with E-state index in [1.807, 2.05) is 0 Å². The molecule has 5 heteroatoms. The first kappa shape index (κ1) is 11.9. The molecule has 0 aromatic rings. The quantitative estimate of drug-likeness (QED) is 0.703. The monoisotopic (exact) mass is 295 g/mol. The Balaban J connectivity index is 2.00. The maximum Gasteiger partial charge on any atom is 0.214 e. The van der Waals surface area contributed by atoms with E-state index < -0.39 is 10.0 Å². The van der Waals surface area contributed by atoms with Crippen LogP contribution in [-0.2, 0) is 10.0 Å². The van der Waals surface area contributed by atoms with Gasteiger partial charge in [0.15, 0.2) is 0 Å². The number of alkyl halides is 1. The Labute approximate surface area is 100 Å². The minimum Gasteiger partial charge on any atom is -0.212 e. The highest BCUT2D eigenvalue weighted by Crippen LogP contribution is 2.34. The number of halogens is 1. The molecule has 88 valence electrons. The summed E-state index contributed by atoms with van der Waals surface area (Å²) in [5, 5.41) is 0.743. The molecule has 2 rings (SSSR count). The van der Waals surface area contributed by atoms with Gasteiger partial charge in [-0.2, -0.15) is 4.31 Å². The number of sulfonamides is 1. The SMILES string of the molecule is O=S(=O)(CC1CC1)N(CCBr)C1CCC1. The van der Waals surface area contributed by atoms with Gasteiger partial charge in [-0.05, 0) is 31.6 Å². The normalized spacial score (nSPS) is 23.1. The zero-order chi connectivity index (χ0) is 10.9. The van der Waals surface area contributed by atoms with Gasteiger partial charge in [0, 0.05) is 17.9 Å². The molecule has 0 N–H and O–H groups in total. The Morgan fingerprint density at radius 1 is 1.20 bits per heavy atom. The van der Waals surface area contributed by atoms with E-state index in [1.54, 1.807) is 4.31 Å². The van der Waals surface area contributed by atoms with Crippen LogP contribution in [-0.4, -0.2) is 36.4 Å². The lowest BCUT2D eigenvalue weighted by atomic mass is 9.93. The van der Waals surface area contributed by atoms with E-state index in [-0.39, 0.29) is 0 Å². The molecule has 2 aliphatic carbocycles. The zero-order valence-corrected chi connectivity index (χ0v) is 11.3. The van der Waals surface area contributed by atoms with Crippen LogP contribution in [0.2, 0.25) is 0 Å². The molecule has 3 nitrogen and oxygen atoms in total. The van der Waals surface area contributed by atoms with Crippen molar-refractivity contribution in [3.05, 3.63) is 0 Å². The molecule has 2 fully saturated rings. The summed E-state index contributed by atoms with van der Waals surface area (Å²) in [5.41, 5.74) is 0. The summed E-state index contributed by atoms with van der Waals surface area (Å²) in [6.07, 6.45) is 5.49. The van der Waals surface area contributed by atoms with Gasteiger partial charge in [0.05, 0.1) is 5.75 Å². The topological polar surface area (TPSA) is 37.4 Å². The Hall–Kier alpha value is 0.390. The van der Waals surface area contributed by atoms with Gasteiger partial charge in [0.2, 0.25) is 10.0 Å². The third-order valence-electron chi connectivity index (χ3n) is 3.29. The molecule has 0 aromatic carbocycles. The molecule has 2 saturated carbocycles. The first-order valence-electron chi connectivity index (χ1n) is 5.69. The van der Waals surface area contributed by atoms with Crippen molar-refractivity contribution in [3.63, 3.8) is 0 Å². The molecule has 0 bridgehead atoms. The van der Waals surface area contributed by atoms with Crippen LogP contribution < -0.4 is 0 Å². The van der Waals surface area contributed by atoms with Gasteiger partial charge >= 0.3 is 0 Å². The van der Waals surface area contributed by atoms with Crippen molar-refractivity contribution in [1.82, 2.24) is 4.31 Å². The second-order valence-electron chi connectivity index (χ2n) is 4.61. The maximum atomic E-state index is 12.1. The highest BCUT2D eigenvalue weighted by molar-refractivity contribution is 9.09. The molecule has 0 unspecified atom stereocenters. The second kappa shape index (κ2) is 4.72. The predicted octanol–water partition coefficient (Wildman–Crippen LogP) is 1.98. The van der Waals surface area contributed by atoms with Gasteiger partial charge in [-0.1, -0.05) is 22.4 Å². The summed E-state index contributed by atoms with van der Waals surface area (Å²) < 4.78 is 26.0. The van der Waals surface area contributed by atoms with Crippen LogP contribution in [0.25, 0.3) is 0 Å².